The summed E-state index contributed by atoms with van der Waals surface area (Å²) in [5.41, 5.74) is 2.10. The fourth-order valence-electron chi connectivity index (χ4n) is 2.07. The van der Waals surface area contributed by atoms with E-state index in [0.717, 1.165) is 22.3 Å². The Morgan fingerprint density at radius 3 is 2.68 bits per heavy atom. The van der Waals surface area contributed by atoms with E-state index in [1.54, 1.807) is 11.8 Å². The van der Waals surface area contributed by atoms with Crippen LogP contribution in [0.1, 0.15) is 26.5 Å². The Bertz CT molecular complexity index is 557. The maximum atomic E-state index is 10.2. The number of para-hydroxylation sites is 1. The molecule has 0 aliphatic heterocycles. The van der Waals surface area contributed by atoms with Crippen LogP contribution in [0, 0.1) is 0 Å². The molecule has 3 nitrogen and oxygen atoms in total. The van der Waals surface area contributed by atoms with Crippen molar-refractivity contribution in [1.29, 1.82) is 0 Å². The molecular formula is C15H22N2OS. The number of nitrogens with zero attached hydrogens (tertiary/aromatic N) is 2. The number of aliphatic hydroxyl groups excluding tert-OH is 1. The van der Waals surface area contributed by atoms with Crippen molar-refractivity contribution < 1.29 is 5.11 Å². The minimum atomic E-state index is -0.345. The number of aryl methyl sites for hydroxylation is 1. The third kappa shape index (κ3) is 3.74. The van der Waals surface area contributed by atoms with Crippen LogP contribution in [-0.4, -0.2) is 31.5 Å². The van der Waals surface area contributed by atoms with E-state index in [4.69, 9.17) is 0 Å². The van der Waals surface area contributed by atoms with Crippen molar-refractivity contribution in [3.8, 4) is 0 Å². The van der Waals surface area contributed by atoms with Crippen LogP contribution in [0.15, 0.2) is 24.3 Å². The summed E-state index contributed by atoms with van der Waals surface area (Å²) in [6.45, 7) is 6.50. The van der Waals surface area contributed by atoms with Crippen LogP contribution < -0.4 is 0 Å². The van der Waals surface area contributed by atoms with Gasteiger partial charge in [0.25, 0.3) is 0 Å². The highest BCUT2D eigenvalue weighted by molar-refractivity contribution is 8.00. The molecule has 104 valence electrons. The molecule has 0 aliphatic carbocycles. The smallest absolute Gasteiger partial charge is 0.0729 e. The summed E-state index contributed by atoms with van der Waals surface area (Å²) in [4.78, 5) is 0. The molecule has 1 atom stereocenters. The van der Waals surface area contributed by atoms with Gasteiger partial charge in [0.2, 0.25) is 0 Å². The first kappa shape index (κ1) is 14.4. The van der Waals surface area contributed by atoms with E-state index in [9.17, 15) is 5.11 Å². The van der Waals surface area contributed by atoms with E-state index in [2.05, 4.69) is 38.0 Å². The van der Waals surface area contributed by atoms with E-state index in [-0.39, 0.29) is 10.9 Å². The lowest BCUT2D eigenvalue weighted by Crippen LogP contribution is -2.19. The van der Waals surface area contributed by atoms with Gasteiger partial charge in [0.1, 0.15) is 0 Å². The second kappa shape index (κ2) is 5.55. The largest absolute Gasteiger partial charge is 0.392 e. The second-order valence-electron chi connectivity index (χ2n) is 5.87. The normalized spacial score (nSPS) is 13.9. The number of aliphatic hydroxyl groups is 1. The molecule has 0 bridgehead atoms. The van der Waals surface area contributed by atoms with E-state index in [1.165, 1.54) is 0 Å². The van der Waals surface area contributed by atoms with Gasteiger partial charge >= 0.3 is 0 Å². The topological polar surface area (TPSA) is 38.0 Å². The molecule has 0 radical (unpaired) electrons. The SMILES string of the molecule is Cn1nc(CC(O)CSC(C)(C)C)c2ccccc21. The Balaban J connectivity index is 2.09. The molecule has 1 heterocycles. The van der Waals surface area contributed by atoms with Gasteiger partial charge in [0, 0.05) is 29.4 Å². The lowest BCUT2D eigenvalue weighted by molar-refractivity contribution is 0.198. The van der Waals surface area contributed by atoms with Crippen molar-refractivity contribution in [1.82, 2.24) is 9.78 Å². The minimum Gasteiger partial charge on any atom is -0.392 e. The number of hydrogen-bond donors (Lipinski definition) is 1. The van der Waals surface area contributed by atoms with Crippen molar-refractivity contribution in [2.75, 3.05) is 5.75 Å². The van der Waals surface area contributed by atoms with Crippen molar-refractivity contribution in [2.45, 2.75) is 38.0 Å². The van der Waals surface area contributed by atoms with Crippen LogP contribution in [0.25, 0.3) is 10.9 Å². The minimum absolute atomic E-state index is 0.188. The van der Waals surface area contributed by atoms with E-state index >= 15 is 0 Å². The van der Waals surface area contributed by atoms with Gasteiger partial charge < -0.3 is 5.11 Å². The fourth-order valence-corrected chi connectivity index (χ4v) is 2.88. The van der Waals surface area contributed by atoms with Crippen molar-refractivity contribution in [2.24, 2.45) is 7.05 Å². The third-order valence-corrected chi connectivity index (χ3v) is 4.39. The first-order chi connectivity index (χ1) is 8.87. The van der Waals surface area contributed by atoms with Crippen LogP contribution >= 0.6 is 11.8 Å². The predicted octanol–water partition coefficient (Wildman–Crippen LogP) is 3.01. The Morgan fingerprint density at radius 1 is 1.32 bits per heavy atom. The molecule has 0 spiro atoms. The van der Waals surface area contributed by atoms with Gasteiger partial charge in [-0.3, -0.25) is 4.68 Å². The monoisotopic (exact) mass is 278 g/mol. The van der Waals surface area contributed by atoms with E-state index < -0.39 is 0 Å². The number of thioether (sulfide) groups is 1. The molecule has 1 N–H and O–H groups in total. The summed E-state index contributed by atoms with van der Waals surface area (Å²) in [7, 11) is 1.95. The quantitative estimate of drug-likeness (QED) is 0.934. The molecule has 0 saturated heterocycles. The molecular weight excluding hydrogens is 256 g/mol. The van der Waals surface area contributed by atoms with Gasteiger partial charge in [-0.15, -0.1) is 0 Å². The molecule has 0 amide bonds. The molecule has 1 aromatic carbocycles. The van der Waals surface area contributed by atoms with Gasteiger partial charge in [-0.05, 0) is 6.07 Å². The lowest BCUT2D eigenvalue weighted by Gasteiger charge is -2.19. The van der Waals surface area contributed by atoms with Crippen LogP contribution in [0.2, 0.25) is 0 Å². The Labute approximate surface area is 119 Å². The fraction of sp³-hybridized carbons (Fsp3) is 0.533. The Hall–Kier alpha value is -1.00. The van der Waals surface area contributed by atoms with E-state index in [1.807, 2.05) is 23.9 Å². The zero-order valence-electron chi connectivity index (χ0n) is 12.1. The number of hydrogen-bond acceptors (Lipinski definition) is 3. The maximum Gasteiger partial charge on any atom is 0.0729 e. The highest BCUT2D eigenvalue weighted by atomic mass is 32.2. The zero-order valence-corrected chi connectivity index (χ0v) is 12.9. The lowest BCUT2D eigenvalue weighted by atomic mass is 10.1. The van der Waals surface area contributed by atoms with Gasteiger partial charge in [-0.1, -0.05) is 39.0 Å². The predicted molar refractivity (Wildman–Crippen MR) is 82.6 cm³/mol. The molecule has 19 heavy (non-hydrogen) atoms. The molecule has 0 saturated carbocycles. The van der Waals surface area contributed by atoms with Crippen LogP contribution in [0.5, 0.6) is 0 Å². The van der Waals surface area contributed by atoms with E-state index in [0.29, 0.717) is 6.42 Å². The third-order valence-electron chi connectivity index (χ3n) is 2.97. The van der Waals surface area contributed by atoms with Crippen molar-refractivity contribution in [3.63, 3.8) is 0 Å². The molecule has 1 aromatic heterocycles. The standard InChI is InChI=1S/C15H22N2OS/c1-15(2,3)19-10-11(18)9-13-12-7-5-6-8-14(12)17(4)16-13/h5-8,11,18H,9-10H2,1-4H3. The van der Waals surface area contributed by atoms with Crippen LogP contribution in [0.4, 0.5) is 0 Å². The van der Waals surface area contributed by atoms with Gasteiger partial charge in [0.15, 0.2) is 0 Å². The summed E-state index contributed by atoms with van der Waals surface area (Å²) >= 11 is 1.79. The summed E-state index contributed by atoms with van der Waals surface area (Å²) in [6, 6.07) is 8.16. The summed E-state index contributed by atoms with van der Waals surface area (Å²) < 4.78 is 2.07. The molecule has 4 heteroatoms. The van der Waals surface area contributed by atoms with Crippen LogP contribution in [0.3, 0.4) is 0 Å². The number of fused-ring (bicyclic) bond motifs is 1. The first-order valence-electron chi connectivity index (χ1n) is 6.59. The van der Waals surface area contributed by atoms with Crippen molar-refractivity contribution >= 4 is 22.7 Å². The summed E-state index contributed by atoms with van der Waals surface area (Å²) in [5.74, 6) is 0.744. The molecule has 2 aromatic rings. The molecule has 1 unspecified atom stereocenters. The average molecular weight is 278 g/mol. The molecule has 0 fully saturated rings. The number of rotatable bonds is 4. The second-order valence-corrected chi connectivity index (χ2v) is 7.72. The van der Waals surface area contributed by atoms with Gasteiger partial charge in [-0.2, -0.15) is 16.9 Å². The molecule has 2 rings (SSSR count). The average Bonchev–Trinajstić information content (AvgIpc) is 2.64. The zero-order chi connectivity index (χ0) is 14.0. The highest BCUT2D eigenvalue weighted by Crippen LogP contribution is 2.25. The Kier molecular flexibility index (Phi) is 4.21. The van der Waals surface area contributed by atoms with Crippen LogP contribution in [-0.2, 0) is 13.5 Å². The summed E-state index contributed by atoms with van der Waals surface area (Å²) in [5, 5.41) is 15.8. The highest BCUT2D eigenvalue weighted by Gasteiger charge is 2.17. The maximum absolute atomic E-state index is 10.2. The van der Waals surface area contributed by atoms with Gasteiger partial charge in [-0.25, -0.2) is 0 Å². The molecule has 0 aliphatic rings. The summed E-state index contributed by atoms with van der Waals surface area (Å²) in [6.07, 6.45) is 0.271. The Morgan fingerprint density at radius 2 is 2.00 bits per heavy atom. The van der Waals surface area contributed by atoms with Gasteiger partial charge in [0.05, 0.1) is 17.3 Å². The first-order valence-corrected chi connectivity index (χ1v) is 7.58. The van der Waals surface area contributed by atoms with Crippen molar-refractivity contribution in [3.05, 3.63) is 30.0 Å². The number of benzene rings is 1. The number of aromatic nitrogens is 2.